The number of hydrogen-bond donors (Lipinski definition) is 1. The van der Waals surface area contributed by atoms with Gasteiger partial charge in [0.25, 0.3) is 0 Å². The van der Waals surface area contributed by atoms with Crippen LogP contribution < -0.4 is 5.32 Å². The van der Waals surface area contributed by atoms with Crippen LogP contribution in [0, 0.1) is 5.41 Å². The summed E-state index contributed by atoms with van der Waals surface area (Å²) in [6.07, 6.45) is 4.19. The molecule has 0 saturated heterocycles. The first-order valence-electron chi connectivity index (χ1n) is 6.71. The maximum Gasteiger partial charge on any atom is 0.135 e. The molecule has 3 rings (SSSR count). The summed E-state index contributed by atoms with van der Waals surface area (Å²) in [5, 5.41) is 4.75. The van der Waals surface area contributed by atoms with E-state index in [0.717, 1.165) is 18.0 Å². The Morgan fingerprint density at radius 2 is 2.32 bits per heavy atom. The fourth-order valence-electron chi connectivity index (χ4n) is 2.77. The lowest BCUT2D eigenvalue weighted by atomic mass is 9.76. The molecular weight excluding hydrogens is 274 g/mol. The van der Waals surface area contributed by atoms with Gasteiger partial charge in [-0.3, -0.25) is 4.98 Å². The lowest BCUT2D eigenvalue weighted by Crippen LogP contribution is -2.32. The summed E-state index contributed by atoms with van der Waals surface area (Å²) in [6, 6.07) is 0.461. The summed E-state index contributed by atoms with van der Waals surface area (Å²) >= 11 is 3.51. The zero-order chi connectivity index (χ0) is 13.5. The Morgan fingerprint density at radius 1 is 1.47 bits per heavy atom. The SMILES string of the molecule is CCNC1CC(C)(C)Cc2nc(-c3cncs3)sc21. The van der Waals surface area contributed by atoms with Crippen LogP contribution in [0.2, 0.25) is 0 Å². The van der Waals surface area contributed by atoms with E-state index in [1.807, 2.05) is 23.0 Å². The average Bonchev–Trinajstić information content (AvgIpc) is 2.94. The van der Waals surface area contributed by atoms with Crippen molar-refractivity contribution in [2.24, 2.45) is 5.41 Å². The van der Waals surface area contributed by atoms with Gasteiger partial charge < -0.3 is 5.32 Å². The predicted octanol–water partition coefficient (Wildman–Crippen LogP) is 3.89. The molecule has 0 amide bonds. The van der Waals surface area contributed by atoms with E-state index in [-0.39, 0.29) is 0 Å². The lowest BCUT2D eigenvalue weighted by molar-refractivity contribution is 0.260. The van der Waals surface area contributed by atoms with E-state index >= 15 is 0 Å². The number of nitrogens with zero attached hydrogens (tertiary/aromatic N) is 2. The van der Waals surface area contributed by atoms with Gasteiger partial charge >= 0.3 is 0 Å². The van der Waals surface area contributed by atoms with Crippen molar-refractivity contribution in [2.45, 2.75) is 39.7 Å². The summed E-state index contributed by atoms with van der Waals surface area (Å²) in [4.78, 5) is 11.7. The third kappa shape index (κ3) is 2.59. The molecule has 0 aromatic carbocycles. The number of fused-ring (bicyclic) bond motifs is 1. The Labute approximate surface area is 122 Å². The first-order chi connectivity index (χ1) is 9.09. The number of nitrogens with one attached hydrogen (secondary N) is 1. The van der Waals surface area contributed by atoms with E-state index in [2.05, 4.69) is 31.1 Å². The largest absolute Gasteiger partial charge is 0.309 e. The molecule has 0 saturated carbocycles. The fraction of sp³-hybridized carbons (Fsp3) is 0.571. The van der Waals surface area contributed by atoms with Gasteiger partial charge in [-0.05, 0) is 24.8 Å². The second kappa shape index (κ2) is 4.96. The Morgan fingerprint density at radius 3 is 3.00 bits per heavy atom. The van der Waals surface area contributed by atoms with Crippen molar-refractivity contribution in [1.82, 2.24) is 15.3 Å². The van der Waals surface area contributed by atoms with Crippen molar-refractivity contribution in [2.75, 3.05) is 6.54 Å². The third-order valence-corrected chi connectivity index (χ3v) is 5.69. The summed E-state index contributed by atoms with van der Waals surface area (Å²) in [5.74, 6) is 0. The van der Waals surface area contributed by atoms with Crippen molar-refractivity contribution in [3.05, 3.63) is 22.3 Å². The van der Waals surface area contributed by atoms with Crippen LogP contribution in [0.15, 0.2) is 11.7 Å². The van der Waals surface area contributed by atoms with Crippen LogP contribution >= 0.6 is 22.7 Å². The number of rotatable bonds is 3. The van der Waals surface area contributed by atoms with Crippen molar-refractivity contribution in [3.63, 3.8) is 0 Å². The second-order valence-corrected chi connectivity index (χ2v) is 7.77. The molecular formula is C14H19N3S2. The van der Waals surface area contributed by atoms with Crippen LogP contribution in [0.3, 0.4) is 0 Å². The average molecular weight is 293 g/mol. The van der Waals surface area contributed by atoms with E-state index in [1.54, 1.807) is 11.3 Å². The molecule has 3 nitrogen and oxygen atoms in total. The van der Waals surface area contributed by atoms with Crippen LogP contribution in [0.25, 0.3) is 9.88 Å². The van der Waals surface area contributed by atoms with Crippen molar-refractivity contribution in [1.29, 1.82) is 0 Å². The Bertz CT molecular complexity index is 557. The molecule has 1 aliphatic rings. The molecule has 2 aromatic heterocycles. The summed E-state index contributed by atoms with van der Waals surface area (Å²) in [6.45, 7) is 7.86. The highest BCUT2D eigenvalue weighted by Gasteiger charge is 2.34. The Balaban J connectivity index is 2.00. The first kappa shape index (κ1) is 13.2. The number of aromatic nitrogens is 2. The highest BCUT2D eigenvalue weighted by Crippen LogP contribution is 2.45. The highest BCUT2D eigenvalue weighted by molar-refractivity contribution is 7.20. The molecule has 1 N–H and O–H groups in total. The molecule has 0 radical (unpaired) electrons. The second-order valence-electron chi connectivity index (χ2n) is 5.85. The smallest absolute Gasteiger partial charge is 0.135 e. The van der Waals surface area contributed by atoms with Gasteiger partial charge in [0, 0.05) is 17.1 Å². The van der Waals surface area contributed by atoms with Gasteiger partial charge in [-0.25, -0.2) is 4.98 Å². The van der Waals surface area contributed by atoms with Crippen LogP contribution in [-0.2, 0) is 6.42 Å². The van der Waals surface area contributed by atoms with Gasteiger partial charge in [-0.2, -0.15) is 0 Å². The van der Waals surface area contributed by atoms with Gasteiger partial charge in [0.15, 0.2) is 0 Å². The van der Waals surface area contributed by atoms with Crippen LogP contribution in [0.4, 0.5) is 0 Å². The van der Waals surface area contributed by atoms with E-state index < -0.39 is 0 Å². The molecule has 5 heteroatoms. The van der Waals surface area contributed by atoms with Crippen LogP contribution in [0.5, 0.6) is 0 Å². The lowest BCUT2D eigenvalue weighted by Gasteiger charge is -2.34. The normalized spacial score (nSPS) is 21.3. The zero-order valence-electron chi connectivity index (χ0n) is 11.6. The molecule has 0 aliphatic heterocycles. The van der Waals surface area contributed by atoms with Crippen LogP contribution in [-0.4, -0.2) is 16.5 Å². The maximum absolute atomic E-state index is 4.87. The predicted molar refractivity (Wildman–Crippen MR) is 81.7 cm³/mol. The van der Waals surface area contributed by atoms with Crippen molar-refractivity contribution in [3.8, 4) is 9.88 Å². The summed E-state index contributed by atoms with van der Waals surface area (Å²) < 4.78 is 0. The standard InChI is InChI=1S/C14H19N3S2/c1-4-16-9-5-14(2,3)6-10-12(9)19-13(17-10)11-7-15-8-18-11/h7-9,16H,4-6H2,1-3H3. The fourth-order valence-corrected chi connectivity index (χ4v) is 4.61. The summed E-state index contributed by atoms with van der Waals surface area (Å²) in [5.41, 5.74) is 3.50. The molecule has 1 atom stereocenters. The molecule has 0 fully saturated rings. The molecule has 1 aliphatic carbocycles. The topological polar surface area (TPSA) is 37.8 Å². The molecule has 2 aromatic rings. The van der Waals surface area contributed by atoms with Gasteiger partial charge in [-0.1, -0.05) is 20.8 Å². The quantitative estimate of drug-likeness (QED) is 0.933. The minimum absolute atomic E-state index is 0.332. The Hall–Kier alpha value is -0.780. The maximum atomic E-state index is 4.87. The van der Waals surface area contributed by atoms with E-state index in [0.29, 0.717) is 11.5 Å². The molecule has 0 bridgehead atoms. The molecule has 1 unspecified atom stereocenters. The van der Waals surface area contributed by atoms with Gasteiger partial charge in [0.2, 0.25) is 0 Å². The molecule has 0 spiro atoms. The molecule has 102 valence electrons. The van der Waals surface area contributed by atoms with Gasteiger partial charge in [0.05, 0.1) is 16.1 Å². The third-order valence-electron chi connectivity index (χ3n) is 3.54. The molecule has 2 heterocycles. The number of hydrogen-bond acceptors (Lipinski definition) is 5. The minimum Gasteiger partial charge on any atom is -0.309 e. The zero-order valence-corrected chi connectivity index (χ0v) is 13.2. The highest BCUT2D eigenvalue weighted by atomic mass is 32.1. The van der Waals surface area contributed by atoms with Crippen LogP contribution in [0.1, 0.15) is 43.8 Å². The van der Waals surface area contributed by atoms with Gasteiger partial charge in [0.1, 0.15) is 5.01 Å². The molecule has 19 heavy (non-hydrogen) atoms. The summed E-state index contributed by atoms with van der Waals surface area (Å²) in [7, 11) is 0. The van der Waals surface area contributed by atoms with E-state index in [1.165, 1.54) is 21.9 Å². The first-order valence-corrected chi connectivity index (χ1v) is 8.40. The monoisotopic (exact) mass is 293 g/mol. The number of thiazole rings is 2. The van der Waals surface area contributed by atoms with Crippen molar-refractivity contribution < 1.29 is 0 Å². The van der Waals surface area contributed by atoms with E-state index in [9.17, 15) is 0 Å². The minimum atomic E-state index is 0.332. The van der Waals surface area contributed by atoms with Gasteiger partial charge in [-0.15, -0.1) is 22.7 Å². The van der Waals surface area contributed by atoms with E-state index in [4.69, 9.17) is 4.98 Å². The van der Waals surface area contributed by atoms with Crippen molar-refractivity contribution >= 4 is 22.7 Å². The Kier molecular flexibility index (Phi) is 3.45.